The first-order valence-electron chi connectivity index (χ1n) is 6.03. The number of amides is 1. The second-order valence-electron chi connectivity index (χ2n) is 4.45. The van der Waals surface area contributed by atoms with E-state index in [-0.39, 0.29) is 11.3 Å². The molecule has 1 amide bonds. The minimum absolute atomic E-state index is 0.0753. The summed E-state index contributed by atoms with van der Waals surface area (Å²) in [6.07, 6.45) is -0.953. The van der Waals surface area contributed by atoms with E-state index in [4.69, 9.17) is 5.11 Å². The number of Topliss-reactive ketones (excluding diaryl/α,β-unsaturated/α-hetero) is 1. The Balaban J connectivity index is 2.22. The van der Waals surface area contributed by atoms with Gasteiger partial charge in [-0.15, -0.1) is 0 Å². The van der Waals surface area contributed by atoms with Gasteiger partial charge in [0.25, 0.3) is 0 Å². The van der Waals surface area contributed by atoms with Crippen LogP contribution in [0.4, 0.5) is 14.9 Å². The third kappa shape index (κ3) is 2.67. The normalized spacial score (nSPS) is 15.5. The topological polar surface area (TPSA) is 60.9 Å². The highest BCUT2D eigenvalue weighted by atomic mass is 19.1. The molecule has 1 aliphatic heterocycles. The van der Waals surface area contributed by atoms with Gasteiger partial charge >= 0.3 is 6.09 Å². The Bertz CT molecular complexity index is 511. The number of anilines is 1. The molecule has 19 heavy (non-hydrogen) atoms. The summed E-state index contributed by atoms with van der Waals surface area (Å²) < 4.78 is 13.7. The third-order valence-corrected chi connectivity index (χ3v) is 3.23. The van der Waals surface area contributed by atoms with E-state index < -0.39 is 11.9 Å². The summed E-state index contributed by atoms with van der Waals surface area (Å²) in [6.45, 7) is 2.94. The van der Waals surface area contributed by atoms with E-state index in [1.54, 1.807) is 12.1 Å². The number of hydrogen-bond acceptors (Lipinski definition) is 3. The number of nitrogens with zero attached hydrogens (tertiary/aromatic N) is 2. The van der Waals surface area contributed by atoms with Gasteiger partial charge in [-0.25, -0.2) is 9.18 Å². The number of ketones is 1. The molecule has 0 spiro atoms. The molecular formula is C13H15FN2O3. The number of rotatable bonds is 2. The molecule has 5 nitrogen and oxygen atoms in total. The van der Waals surface area contributed by atoms with Crippen LogP contribution in [0.25, 0.3) is 0 Å². The average molecular weight is 266 g/mol. The van der Waals surface area contributed by atoms with Crippen LogP contribution in [-0.4, -0.2) is 48.1 Å². The molecule has 0 saturated carbocycles. The Hall–Kier alpha value is -2.11. The number of benzene rings is 1. The monoisotopic (exact) mass is 266 g/mol. The van der Waals surface area contributed by atoms with Gasteiger partial charge < -0.3 is 14.9 Å². The lowest BCUT2D eigenvalue weighted by atomic mass is 10.1. The fourth-order valence-corrected chi connectivity index (χ4v) is 2.26. The molecule has 0 aliphatic carbocycles. The molecule has 1 saturated heterocycles. The fourth-order valence-electron chi connectivity index (χ4n) is 2.26. The van der Waals surface area contributed by atoms with E-state index in [2.05, 4.69) is 0 Å². The zero-order valence-corrected chi connectivity index (χ0v) is 10.6. The summed E-state index contributed by atoms with van der Waals surface area (Å²) in [5.74, 6) is -0.862. The van der Waals surface area contributed by atoms with Gasteiger partial charge in [-0.3, -0.25) is 4.79 Å². The van der Waals surface area contributed by atoms with Crippen molar-refractivity contribution in [3.05, 3.63) is 29.6 Å². The summed E-state index contributed by atoms with van der Waals surface area (Å²) >= 11 is 0. The molecule has 1 aliphatic rings. The highest BCUT2D eigenvalue weighted by Gasteiger charge is 2.24. The zero-order valence-electron chi connectivity index (χ0n) is 10.6. The van der Waals surface area contributed by atoms with Gasteiger partial charge in [0.05, 0.1) is 11.3 Å². The minimum atomic E-state index is -0.953. The van der Waals surface area contributed by atoms with Crippen LogP contribution in [0.5, 0.6) is 0 Å². The van der Waals surface area contributed by atoms with Crippen LogP contribution in [0.2, 0.25) is 0 Å². The summed E-state index contributed by atoms with van der Waals surface area (Å²) in [5.41, 5.74) is 0.615. The van der Waals surface area contributed by atoms with Gasteiger partial charge in [0.2, 0.25) is 0 Å². The molecule has 1 N–H and O–H groups in total. The Kier molecular flexibility index (Phi) is 3.69. The van der Waals surface area contributed by atoms with Crippen molar-refractivity contribution in [1.82, 2.24) is 4.90 Å². The maximum Gasteiger partial charge on any atom is 0.407 e. The molecule has 0 radical (unpaired) electrons. The van der Waals surface area contributed by atoms with Gasteiger partial charge in [-0.05, 0) is 19.1 Å². The van der Waals surface area contributed by atoms with Crippen LogP contribution < -0.4 is 4.90 Å². The lowest BCUT2D eigenvalue weighted by Crippen LogP contribution is -2.48. The standard InChI is InChI=1S/C13H15FN2O3/c1-9(17)12-10(14)3-2-4-11(12)15-5-7-16(8-6-15)13(18)19/h2-4H,5-8H2,1H3,(H,18,19). The van der Waals surface area contributed by atoms with E-state index in [1.165, 1.54) is 17.9 Å². The molecule has 0 aromatic heterocycles. The number of hydrogen-bond donors (Lipinski definition) is 1. The van der Waals surface area contributed by atoms with Gasteiger partial charge in [0.1, 0.15) is 5.82 Å². The van der Waals surface area contributed by atoms with Crippen LogP contribution in [0.15, 0.2) is 18.2 Å². The average Bonchev–Trinajstić information content (AvgIpc) is 2.38. The first kappa shape index (κ1) is 13.3. The van der Waals surface area contributed by atoms with E-state index in [1.807, 2.05) is 4.90 Å². The minimum Gasteiger partial charge on any atom is -0.465 e. The zero-order chi connectivity index (χ0) is 14.0. The number of carbonyl (C=O) groups is 2. The fraction of sp³-hybridized carbons (Fsp3) is 0.385. The van der Waals surface area contributed by atoms with Crippen LogP contribution in [0.3, 0.4) is 0 Å². The van der Waals surface area contributed by atoms with Crippen molar-refractivity contribution in [1.29, 1.82) is 0 Å². The van der Waals surface area contributed by atoms with E-state index in [0.29, 0.717) is 31.9 Å². The smallest absolute Gasteiger partial charge is 0.407 e. The maximum atomic E-state index is 13.7. The van der Waals surface area contributed by atoms with Crippen LogP contribution in [-0.2, 0) is 0 Å². The molecule has 6 heteroatoms. The molecule has 1 heterocycles. The van der Waals surface area contributed by atoms with Crippen LogP contribution in [0.1, 0.15) is 17.3 Å². The summed E-state index contributed by atoms with van der Waals surface area (Å²) in [7, 11) is 0. The number of halogens is 1. The molecule has 2 rings (SSSR count). The number of carboxylic acid groups (broad SMARTS) is 1. The second-order valence-corrected chi connectivity index (χ2v) is 4.45. The molecule has 102 valence electrons. The highest BCUT2D eigenvalue weighted by Crippen LogP contribution is 2.24. The van der Waals surface area contributed by atoms with E-state index in [9.17, 15) is 14.0 Å². The summed E-state index contributed by atoms with van der Waals surface area (Å²) in [5, 5.41) is 8.88. The number of piperazine rings is 1. The highest BCUT2D eigenvalue weighted by molar-refractivity contribution is 6.00. The molecule has 1 aromatic rings. The molecule has 0 unspecified atom stereocenters. The van der Waals surface area contributed by atoms with Crippen molar-refractivity contribution in [2.75, 3.05) is 31.1 Å². The van der Waals surface area contributed by atoms with Crippen molar-refractivity contribution in [2.24, 2.45) is 0 Å². The van der Waals surface area contributed by atoms with Crippen LogP contribution in [0, 0.1) is 5.82 Å². The third-order valence-electron chi connectivity index (χ3n) is 3.23. The Morgan fingerprint density at radius 2 is 1.84 bits per heavy atom. The van der Waals surface area contributed by atoms with Crippen molar-refractivity contribution in [3.63, 3.8) is 0 Å². The molecule has 1 fully saturated rings. The van der Waals surface area contributed by atoms with Crippen molar-refractivity contribution in [3.8, 4) is 0 Å². The summed E-state index contributed by atoms with van der Waals surface area (Å²) in [4.78, 5) is 25.5. The lowest BCUT2D eigenvalue weighted by molar-refractivity contribution is 0.101. The van der Waals surface area contributed by atoms with Crippen molar-refractivity contribution < 1.29 is 19.1 Å². The SMILES string of the molecule is CC(=O)c1c(F)cccc1N1CCN(C(=O)O)CC1. The molecule has 0 atom stereocenters. The summed E-state index contributed by atoms with van der Waals surface area (Å²) in [6, 6.07) is 4.50. The van der Waals surface area contributed by atoms with Gasteiger partial charge in [-0.1, -0.05) is 6.07 Å². The Labute approximate surface area is 110 Å². The van der Waals surface area contributed by atoms with Gasteiger partial charge in [-0.2, -0.15) is 0 Å². The first-order chi connectivity index (χ1) is 9.00. The van der Waals surface area contributed by atoms with Gasteiger partial charge in [0, 0.05) is 26.2 Å². The Morgan fingerprint density at radius 1 is 1.21 bits per heavy atom. The maximum absolute atomic E-state index is 13.7. The van der Waals surface area contributed by atoms with Crippen molar-refractivity contribution in [2.45, 2.75) is 6.92 Å². The molecule has 1 aromatic carbocycles. The quantitative estimate of drug-likeness (QED) is 0.830. The van der Waals surface area contributed by atoms with Crippen LogP contribution >= 0.6 is 0 Å². The second kappa shape index (κ2) is 5.26. The van der Waals surface area contributed by atoms with Crippen molar-refractivity contribution >= 4 is 17.6 Å². The lowest BCUT2D eigenvalue weighted by Gasteiger charge is -2.35. The van der Waals surface area contributed by atoms with E-state index >= 15 is 0 Å². The van der Waals surface area contributed by atoms with Gasteiger partial charge in [0.15, 0.2) is 5.78 Å². The Morgan fingerprint density at radius 3 is 2.37 bits per heavy atom. The molecule has 0 bridgehead atoms. The molecular weight excluding hydrogens is 251 g/mol. The predicted octanol–water partition coefficient (Wildman–Crippen LogP) is 1.83. The number of carbonyl (C=O) groups excluding carboxylic acids is 1. The predicted molar refractivity (Wildman–Crippen MR) is 68.2 cm³/mol. The largest absolute Gasteiger partial charge is 0.465 e. The first-order valence-corrected chi connectivity index (χ1v) is 6.03. The van der Waals surface area contributed by atoms with E-state index in [0.717, 1.165) is 0 Å².